The summed E-state index contributed by atoms with van der Waals surface area (Å²) in [5.41, 5.74) is 0.284. The van der Waals surface area contributed by atoms with Crippen molar-refractivity contribution in [2.75, 3.05) is 13.2 Å². The van der Waals surface area contributed by atoms with E-state index in [9.17, 15) is 9.18 Å². The van der Waals surface area contributed by atoms with Crippen LogP contribution in [0.1, 0.15) is 32.4 Å². The lowest BCUT2D eigenvalue weighted by Gasteiger charge is -2.23. The molecule has 0 aliphatic heterocycles. The summed E-state index contributed by atoms with van der Waals surface area (Å²) in [4.78, 5) is 11.9. The number of hydrogen-bond donors (Lipinski definition) is 2. The Balaban J connectivity index is 1.85. The molecule has 0 radical (unpaired) electrons. The van der Waals surface area contributed by atoms with Gasteiger partial charge in [-0.15, -0.1) is 0 Å². The monoisotopic (exact) mass is 333 g/mol. The number of aliphatic hydroxyl groups excluding tert-OH is 1. The molecule has 0 fully saturated rings. The van der Waals surface area contributed by atoms with E-state index in [0.29, 0.717) is 42.9 Å². The molecule has 0 bridgehead atoms. The molecule has 0 atom stereocenters. The Kier molecular flexibility index (Phi) is 6.15. The molecule has 130 valence electrons. The number of amides is 1. The normalized spacial score (nSPS) is 11.5. The van der Waals surface area contributed by atoms with Crippen LogP contribution in [0, 0.1) is 11.2 Å². The predicted octanol–water partition coefficient (Wildman–Crippen LogP) is 3.54. The molecule has 1 amide bonds. The molecule has 1 aromatic heterocycles. The number of halogens is 1. The Hall–Kier alpha value is -2.14. The number of rotatable bonds is 8. The number of aryl methyl sites for hydroxylation is 1. The summed E-state index contributed by atoms with van der Waals surface area (Å²) >= 11 is 0. The summed E-state index contributed by atoms with van der Waals surface area (Å²) in [6.07, 6.45) is 1.40. The van der Waals surface area contributed by atoms with Gasteiger partial charge < -0.3 is 14.8 Å². The SMILES string of the molecule is CC(C)(CCO)CNC(=O)CCc1ccc(-c2ccccc2F)o1. The van der Waals surface area contributed by atoms with Crippen molar-refractivity contribution in [3.05, 3.63) is 48.0 Å². The number of nitrogens with one attached hydrogen (secondary N) is 1. The molecule has 1 heterocycles. The smallest absolute Gasteiger partial charge is 0.220 e. The van der Waals surface area contributed by atoms with Gasteiger partial charge in [0.15, 0.2) is 0 Å². The van der Waals surface area contributed by atoms with Gasteiger partial charge in [0, 0.05) is 26.0 Å². The van der Waals surface area contributed by atoms with Crippen LogP contribution in [0.5, 0.6) is 0 Å². The third kappa shape index (κ3) is 5.20. The second kappa shape index (κ2) is 8.11. The molecule has 2 aromatic rings. The van der Waals surface area contributed by atoms with Crippen LogP contribution < -0.4 is 5.32 Å². The molecule has 0 unspecified atom stereocenters. The van der Waals surface area contributed by atoms with Crippen molar-refractivity contribution in [1.82, 2.24) is 5.32 Å². The van der Waals surface area contributed by atoms with Gasteiger partial charge in [0.2, 0.25) is 5.91 Å². The first-order chi connectivity index (χ1) is 11.4. The fourth-order valence-corrected chi connectivity index (χ4v) is 2.37. The minimum Gasteiger partial charge on any atom is -0.461 e. The van der Waals surface area contributed by atoms with E-state index in [0.717, 1.165) is 0 Å². The molecule has 2 rings (SSSR count). The Morgan fingerprint density at radius 1 is 1.25 bits per heavy atom. The van der Waals surface area contributed by atoms with Crippen molar-refractivity contribution in [3.8, 4) is 11.3 Å². The van der Waals surface area contributed by atoms with Crippen LogP contribution in [0.15, 0.2) is 40.8 Å². The molecule has 1 aromatic carbocycles. The van der Waals surface area contributed by atoms with Crippen LogP contribution in [0.3, 0.4) is 0 Å². The van der Waals surface area contributed by atoms with Gasteiger partial charge in [-0.3, -0.25) is 4.79 Å². The van der Waals surface area contributed by atoms with Crippen LogP contribution in [0.25, 0.3) is 11.3 Å². The van der Waals surface area contributed by atoms with Crippen molar-refractivity contribution >= 4 is 5.91 Å². The average Bonchev–Trinajstić information content (AvgIpc) is 3.00. The van der Waals surface area contributed by atoms with Gasteiger partial charge in [0.25, 0.3) is 0 Å². The number of carbonyl (C=O) groups is 1. The molecular formula is C19H24FNO3. The molecule has 5 heteroatoms. The lowest BCUT2D eigenvalue weighted by atomic mass is 9.90. The largest absolute Gasteiger partial charge is 0.461 e. The first kappa shape index (κ1) is 18.2. The Bertz CT molecular complexity index is 679. The fourth-order valence-electron chi connectivity index (χ4n) is 2.37. The zero-order valence-electron chi connectivity index (χ0n) is 14.1. The molecule has 0 spiro atoms. The van der Waals surface area contributed by atoms with Gasteiger partial charge in [-0.1, -0.05) is 26.0 Å². The van der Waals surface area contributed by atoms with E-state index in [2.05, 4.69) is 5.32 Å². The zero-order valence-corrected chi connectivity index (χ0v) is 14.1. The number of benzene rings is 1. The summed E-state index contributed by atoms with van der Waals surface area (Å²) in [6.45, 7) is 4.62. The summed E-state index contributed by atoms with van der Waals surface area (Å²) in [6, 6.07) is 9.92. The molecule has 0 saturated carbocycles. The Labute approximate surface area is 141 Å². The molecule has 0 aliphatic carbocycles. The summed E-state index contributed by atoms with van der Waals surface area (Å²) in [5.74, 6) is 0.720. The van der Waals surface area contributed by atoms with Crippen LogP contribution >= 0.6 is 0 Å². The van der Waals surface area contributed by atoms with Gasteiger partial charge in [0.05, 0.1) is 5.56 Å². The molecule has 4 nitrogen and oxygen atoms in total. The van der Waals surface area contributed by atoms with Crippen molar-refractivity contribution in [2.45, 2.75) is 33.1 Å². The maximum atomic E-state index is 13.7. The number of furan rings is 1. The van der Waals surface area contributed by atoms with E-state index < -0.39 is 0 Å². The summed E-state index contributed by atoms with van der Waals surface area (Å²) in [5, 5.41) is 11.9. The number of aliphatic hydroxyl groups is 1. The molecule has 24 heavy (non-hydrogen) atoms. The van der Waals surface area contributed by atoms with Gasteiger partial charge in [-0.25, -0.2) is 4.39 Å². The van der Waals surface area contributed by atoms with Gasteiger partial charge >= 0.3 is 0 Å². The van der Waals surface area contributed by atoms with Gasteiger partial charge in [-0.2, -0.15) is 0 Å². The lowest BCUT2D eigenvalue weighted by molar-refractivity contribution is -0.121. The highest BCUT2D eigenvalue weighted by Gasteiger charge is 2.18. The Morgan fingerprint density at radius 2 is 2.00 bits per heavy atom. The molecule has 2 N–H and O–H groups in total. The van der Waals surface area contributed by atoms with E-state index >= 15 is 0 Å². The number of carbonyl (C=O) groups excluding carboxylic acids is 1. The first-order valence-electron chi connectivity index (χ1n) is 8.12. The minimum atomic E-state index is -0.331. The van der Waals surface area contributed by atoms with E-state index in [1.807, 2.05) is 13.8 Å². The van der Waals surface area contributed by atoms with Gasteiger partial charge in [0.1, 0.15) is 17.3 Å². The zero-order chi connectivity index (χ0) is 17.6. The molecule has 0 aliphatic rings. The molecule has 0 saturated heterocycles. The Morgan fingerprint density at radius 3 is 2.71 bits per heavy atom. The minimum absolute atomic E-state index is 0.0649. The van der Waals surface area contributed by atoms with E-state index in [1.165, 1.54) is 6.07 Å². The van der Waals surface area contributed by atoms with Crippen LogP contribution in [-0.2, 0) is 11.2 Å². The second-order valence-electron chi connectivity index (χ2n) is 6.66. The van der Waals surface area contributed by atoms with Gasteiger partial charge in [-0.05, 0) is 36.1 Å². The predicted molar refractivity (Wildman–Crippen MR) is 90.9 cm³/mol. The van der Waals surface area contributed by atoms with Crippen molar-refractivity contribution in [1.29, 1.82) is 0 Å². The third-order valence-electron chi connectivity index (χ3n) is 3.95. The van der Waals surface area contributed by atoms with Crippen LogP contribution in [-0.4, -0.2) is 24.2 Å². The summed E-state index contributed by atoms with van der Waals surface area (Å²) < 4.78 is 19.4. The van der Waals surface area contributed by atoms with Crippen molar-refractivity contribution in [3.63, 3.8) is 0 Å². The topological polar surface area (TPSA) is 62.5 Å². The average molecular weight is 333 g/mol. The highest BCUT2D eigenvalue weighted by Crippen LogP contribution is 2.25. The van der Waals surface area contributed by atoms with E-state index in [1.54, 1.807) is 30.3 Å². The maximum absolute atomic E-state index is 13.7. The standard InChI is InChI=1S/C19H24FNO3/c1-19(2,11-12-22)13-21-18(23)10-8-14-7-9-17(24-14)15-5-3-4-6-16(15)20/h3-7,9,22H,8,10-13H2,1-2H3,(H,21,23). The highest BCUT2D eigenvalue weighted by molar-refractivity contribution is 5.76. The fraction of sp³-hybridized carbons (Fsp3) is 0.421. The summed E-state index contributed by atoms with van der Waals surface area (Å²) in [7, 11) is 0. The van der Waals surface area contributed by atoms with E-state index in [-0.39, 0.29) is 23.7 Å². The maximum Gasteiger partial charge on any atom is 0.220 e. The molecular weight excluding hydrogens is 309 g/mol. The third-order valence-corrected chi connectivity index (χ3v) is 3.95. The van der Waals surface area contributed by atoms with Crippen LogP contribution in [0.4, 0.5) is 4.39 Å². The van der Waals surface area contributed by atoms with Crippen molar-refractivity contribution < 1.29 is 18.7 Å². The van der Waals surface area contributed by atoms with Crippen molar-refractivity contribution in [2.24, 2.45) is 5.41 Å². The quantitative estimate of drug-likeness (QED) is 0.777. The number of hydrogen-bond acceptors (Lipinski definition) is 3. The second-order valence-corrected chi connectivity index (χ2v) is 6.66. The first-order valence-corrected chi connectivity index (χ1v) is 8.12. The van der Waals surface area contributed by atoms with E-state index in [4.69, 9.17) is 9.52 Å². The van der Waals surface area contributed by atoms with Crippen LogP contribution in [0.2, 0.25) is 0 Å². The highest BCUT2D eigenvalue weighted by atomic mass is 19.1. The lowest BCUT2D eigenvalue weighted by Crippen LogP contribution is -2.34.